The second kappa shape index (κ2) is 4.79. The molecule has 120 valence electrons. The fraction of sp³-hybridized carbons (Fsp3) is 0.889. The Morgan fingerprint density at radius 2 is 1.91 bits per heavy atom. The van der Waals surface area contributed by atoms with Crippen LogP contribution < -0.4 is 5.73 Å². The lowest BCUT2D eigenvalue weighted by atomic mass is 9.45. The van der Waals surface area contributed by atoms with E-state index in [1.807, 2.05) is 0 Å². The molecular formula is C18H26N2O2. The van der Waals surface area contributed by atoms with Gasteiger partial charge in [0, 0.05) is 5.92 Å². The zero-order chi connectivity index (χ0) is 15.5. The Hall–Kier alpha value is -0.920. The average molecular weight is 302 g/mol. The van der Waals surface area contributed by atoms with Crippen molar-refractivity contribution in [2.75, 3.05) is 0 Å². The highest BCUT2D eigenvalue weighted by molar-refractivity contribution is 5.88. The first-order valence-corrected chi connectivity index (χ1v) is 8.86. The summed E-state index contributed by atoms with van der Waals surface area (Å²) in [5.74, 6) is 0.883. The summed E-state index contributed by atoms with van der Waals surface area (Å²) in [5, 5.41) is 20.1. The number of nitriles is 1. The van der Waals surface area contributed by atoms with Gasteiger partial charge in [-0.05, 0) is 68.6 Å². The maximum Gasteiger partial charge on any atom is 0.154 e. The standard InChI is InChI=1S/C18H26N2O2/c19-9-13-2-1-3-14(13)15(21)16(20)17-5-11-4-12(6-17)8-18(22,7-11)10-17/h11-14,16,22H,1-8,10,20H2/t11?,12?,13-,14?,16?,17?,18?/m0/s1. The van der Waals surface area contributed by atoms with Crippen LogP contribution in [0.4, 0.5) is 0 Å². The van der Waals surface area contributed by atoms with Gasteiger partial charge in [-0.25, -0.2) is 0 Å². The zero-order valence-corrected chi connectivity index (χ0v) is 13.1. The van der Waals surface area contributed by atoms with Gasteiger partial charge in [-0.1, -0.05) is 6.42 Å². The first kappa shape index (κ1) is 14.7. The maximum absolute atomic E-state index is 13.0. The van der Waals surface area contributed by atoms with E-state index in [1.54, 1.807) is 0 Å². The second-order valence-electron chi connectivity index (χ2n) is 8.70. The van der Waals surface area contributed by atoms with Crippen molar-refractivity contribution in [3.05, 3.63) is 0 Å². The van der Waals surface area contributed by atoms with Gasteiger partial charge in [-0.15, -0.1) is 0 Å². The van der Waals surface area contributed by atoms with E-state index in [0.29, 0.717) is 18.3 Å². The van der Waals surface area contributed by atoms with Crippen LogP contribution in [0.15, 0.2) is 0 Å². The van der Waals surface area contributed by atoms with Crippen LogP contribution in [0.3, 0.4) is 0 Å². The monoisotopic (exact) mass is 302 g/mol. The molecule has 4 nitrogen and oxygen atoms in total. The van der Waals surface area contributed by atoms with Gasteiger partial charge in [-0.2, -0.15) is 5.26 Å². The smallest absolute Gasteiger partial charge is 0.154 e. The second-order valence-corrected chi connectivity index (χ2v) is 8.70. The van der Waals surface area contributed by atoms with Crippen molar-refractivity contribution in [1.29, 1.82) is 5.26 Å². The number of carbonyl (C=O) groups is 1. The van der Waals surface area contributed by atoms with Crippen LogP contribution in [0, 0.1) is 40.4 Å². The summed E-state index contributed by atoms with van der Waals surface area (Å²) in [4.78, 5) is 13.0. The minimum Gasteiger partial charge on any atom is -0.390 e. The molecule has 5 saturated carbocycles. The lowest BCUT2D eigenvalue weighted by Crippen LogP contribution is -2.63. The summed E-state index contributed by atoms with van der Waals surface area (Å²) in [7, 11) is 0. The van der Waals surface area contributed by atoms with Crippen molar-refractivity contribution < 1.29 is 9.90 Å². The molecule has 4 bridgehead atoms. The zero-order valence-electron chi connectivity index (χ0n) is 13.1. The molecule has 22 heavy (non-hydrogen) atoms. The quantitative estimate of drug-likeness (QED) is 0.836. The third-order valence-corrected chi connectivity index (χ3v) is 7.09. The van der Waals surface area contributed by atoms with Gasteiger partial charge in [0.1, 0.15) is 0 Å². The molecule has 0 aromatic rings. The predicted molar refractivity (Wildman–Crippen MR) is 81.5 cm³/mol. The van der Waals surface area contributed by atoms with Gasteiger partial charge < -0.3 is 10.8 Å². The first-order valence-electron chi connectivity index (χ1n) is 8.86. The molecule has 0 saturated heterocycles. The molecular weight excluding hydrogens is 276 g/mol. The van der Waals surface area contributed by atoms with Gasteiger partial charge in [0.15, 0.2) is 5.78 Å². The molecule has 4 heteroatoms. The molecule has 4 unspecified atom stereocenters. The van der Waals surface area contributed by atoms with Crippen molar-refractivity contribution in [3.63, 3.8) is 0 Å². The van der Waals surface area contributed by atoms with E-state index in [0.717, 1.165) is 44.9 Å². The fourth-order valence-electron chi connectivity index (χ4n) is 6.64. The Morgan fingerprint density at radius 3 is 2.50 bits per heavy atom. The van der Waals surface area contributed by atoms with E-state index in [1.165, 1.54) is 6.42 Å². The van der Waals surface area contributed by atoms with Crippen LogP contribution in [0.25, 0.3) is 0 Å². The average Bonchev–Trinajstić information content (AvgIpc) is 2.91. The fourth-order valence-corrected chi connectivity index (χ4v) is 6.64. The number of hydrogen-bond donors (Lipinski definition) is 2. The molecule has 0 aliphatic heterocycles. The van der Waals surface area contributed by atoms with Crippen molar-refractivity contribution in [3.8, 4) is 6.07 Å². The van der Waals surface area contributed by atoms with E-state index in [9.17, 15) is 15.2 Å². The summed E-state index contributed by atoms with van der Waals surface area (Å²) in [6.07, 6.45) is 8.32. The van der Waals surface area contributed by atoms with Gasteiger partial charge in [0.2, 0.25) is 0 Å². The Balaban J connectivity index is 1.59. The highest BCUT2D eigenvalue weighted by atomic mass is 16.3. The van der Waals surface area contributed by atoms with E-state index in [2.05, 4.69) is 6.07 Å². The minimum absolute atomic E-state index is 0.106. The number of carbonyl (C=O) groups excluding carboxylic acids is 1. The Labute approximate surface area is 132 Å². The van der Waals surface area contributed by atoms with E-state index in [4.69, 9.17) is 5.73 Å². The largest absolute Gasteiger partial charge is 0.390 e. The number of Topliss-reactive ketones (excluding diaryl/α,β-unsaturated/α-hetero) is 1. The maximum atomic E-state index is 13.0. The van der Waals surface area contributed by atoms with E-state index < -0.39 is 11.6 Å². The summed E-state index contributed by atoms with van der Waals surface area (Å²) in [6.45, 7) is 0. The number of rotatable bonds is 3. The van der Waals surface area contributed by atoms with E-state index in [-0.39, 0.29) is 23.0 Å². The number of aliphatic hydroxyl groups is 1. The Bertz CT molecular complexity index is 524. The Morgan fingerprint density at radius 1 is 1.23 bits per heavy atom. The molecule has 5 aliphatic rings. The van der Waals surface area contributed by atoms with Crippen LogP contribution in [0.1, 0.15) is 57.8 Å². The normalized spacial score (nSPS) is 50.8. The lowest BCUT2D eigenvalue weighted by Gasteiger charge is -2.61. The molecule has 0 spiro atoms. The highest BCUT2D eigenvalue weighted by Crippen LogP contribution is 2.62. The molecule has 0 aromatic carbocycles. The summed E-state index contributed by atoms with van der Waals surface area (Å²) in [5.41, 5.74) is 5.73. The topological polar surface area (TPSA) is 87.1 Å². The van der Waals surface area contributed by atoms with Crippen LogP contribution in [0.2, 0.25) is 0 Å². The molecule has 3 N–H and O–H groups in total. The summed E-state index contributed by atoms with van der Waals surface area (Å²) >= 11 is 0. The molecule has 0 heterocycles. The predicted octanol–water partition coefficient (Wildman–Crippen LogP) is 2.15. The molecule has 0 aromatic heterocycles. The van der Waals surface area contributed by atoms with Crippen LogP contribution >= 0.6 is 0 Å². The van der Waals surface area contributed by atoms with Gasteiger partial charge in [0.05, 0.1) is 23.6 Å². The van der Waals surface area contributed by atoms with Crippen molar-refractivity contribution in [1.82, 2.24) is 0 Å². The first-order chi connectivity index (χ1) is 10.4. The lowest BCUT2D eigenvalue weighted by molar-refractivity contribution is -0.174. The van der Waals surface area contributed by atoms with Crippen molar-refractivity contribution in [2.45, 2.75) is 69.4 Å². The molecule has 5 rings (SSSR count). The summed E-state index contributed by atoms with van der Waals surface area (Å²) in [6, 6.07) is 1.82. The highest BCUT2D eigenvalue weighted by Gasteiger charge is 2.60. The third kappa shape index (κ3) is 2.06. The minimum atomic E-state index is -0.577. The van der Waals surface area contributed by atoms with Gasteiger partial charge >= 0.3 is 0 Å². The summed E-state index contributed by atoms with van der Waals surface area (Å²) < 4.78 is 0. The van der Waals surface area contributed by atoms with Crippen LogP contribution in [-0.4, -0.2) is 22.5 Å². The molecule has 5 aliphatic carbocycles. The SMILES string of the molecule is N#C[C@@H]1CCCC1C(=O)C(N)C12CC3CC(CC(O)(C3)C1)C2. The van der Waals surface area contributed by atoms with Crippen LogP contribution in [0.5, 0.6) is 0 Å². The molecule has 0 radical (unpaired) electrons. The molecule has 0 amide bonds. The third-order valence-electron chi connectivity index (χ3n) is 7.09. The number of nitrogens with zero attached hydrogens (tertiary/aromatic N) is 1. The van der Waals surface area contributed by atoms with Gasteiger partial charge in [-0.3, -0.25) is 4.79 Å². The van der Waals surface area contributed by atoms with Crippen LogP contribution in [-0.2, 0) is 4.79 Å². The number of nitrogens with two attached hydrogens (primary N) is 1. The van der Waals surface area contributed by atoms with E-state index >= 15 is 0 Å². The molecule has 5 atom stereocenters. The van der Waals surface area contributed by atoms with Gasteiger partial charge in [0.25, 0.3) is 0 Å². The number of ketones is 1. The van der Waals surface area contributed by atoms with Crippen molar-refractivity contribution >= 4 is 5.78 Å². The molecule has 5 fully saturated rings. The van der Waals surface area contributed by atoms with Crippen molar-refractivity contribution in [2.24, 2.45) is 34.8 Å². The number of hydrogen-bond acceptors (Lipinski definition) is 4. The Kier molecular flexibility index (Phi) is 3.19.